The summed E-state index contributed by atoms with van der Waals surface area (Å²) in [6.07, 6.45) is 6.03. The van der Waals surface area contributed by atoms with E-state index < -0.39 is 0 Å². The molecule has 0 atom stereocenters. The smallest absolute Gasteiger partial charge is 0.145 e. The number of rotatable bonds is 3. The Labute approximate surface area is 131 Å². The van der Waals surface area contributed by atoms with E-state index in [9.17, 15) is 0 Å². The zero-order chi connectivity index (χ0) is 15.1. The predicted octanol–water partition coefficient (Wildman–Crippen LogP) is 3.40. The van der Waals surface area contributed by atoms with Crippen LogP contribution in [0.2, 0.25) is 0 Å². The maximum atomic E-state index is 5.51. The van der Waals surface area contributed by atoms with Crippen molar-refractivity contribution in [2.75, 3.05) is 25.2 Å². The van der Waals surface area contributed by atoms with Crippen LogP contribution in [0.15, 0.2) is 24.4 Å². The second-order valence-corrected chi connectivity index (χ2v) is 6.33. The number of hydrogen-bond donors (Lipinski definition) is 0. The van der Waals surface area contributed by atoms with Crippen LogP contribution in [0, 0.1) is 0 Å². The SMILES string of the molecule is CCN1Cc2cnc3c(OC)cccc3c2N(C2CCC2)C1. The number of benzene rings is 1. The van der Waals surface area contributed by atoms with Crippen molar-refractivity contribution in [3.05, 3.63) is 30.0 Å². The molecule has 2 heterocycles. The van der Waals surface area contributed by atoms with Crippen LogP contribution in [0.4, 0.5) is 5.69 Å². The molecular weight excluding hydrogens is 274 g/mol. The van der Waals surface area contributed by atoms with Crippen molar-refractivity contribution in [1.82, 2.24) is 9.88 Å². The normalized spacial score (nSPS) is 19.1. The van der Waals surface area contributed by atoms with Gasteiger partial charge in [-0.25, -0.2) is 0 Å². The molecule has 0 bridgehead atoms. The van der Waals surface area contributed by atoms with Gasteiger partial charge in [0.25, 0.3) is 0 Å². The summed E-state index contributed by atoms with van der Waals surface area (Å²) in [6.45, 7) is 5.35. The number of hydrogen-bond acceptors (Lipinski definition) is 4. The molecule has 1 aromatic heterocycles. The molecule has 4 nitrogen and oxygen atoms in total. The Morgan fingerprint density at radius 1 is 1.32 bits per heavy atom. The van der Waals surface area contributed by atoms with Crippen LogP contribution in [0.5, 0.6) is 5.75 Å². The average molecular weight is 297 g/mol. The Morgan fingerprint density at radius 2 is 2.18 bits per heavy atom. The summed E-state index contributed by atoms with van der Waals surface area (Å²) in [5.74, 6) is 0.867. The third-order valence-corrected chi connectivity index (χ3v) is 5.12. The zero-order valence-electron chi connectivity index (χ0n) is 13.4. The Balaban J connectivity index is 1.90. The Morgan fingerprint density at radius 3 is 2.86 bits per heavy atom. The Hall–Kier alpha value is -1.81. The van der Waals surface area contributed by atoms with Crippen molar-refractivity contribution in [2.45, 2.75) is 38.8 Å². The first-order chi connectivity index (χ1) is 10.8. The van der Waals surface area contributed by atoms with E-state index in [0.717, 1.165) is 31.0 Å². The molecule has 0 unspecified atom stereocenters. The average Bonchev–Trinajstić information content (AvgIpc) is 2.51. The molecule has 4 rings (SSSR count). The maximum absolute atomic E-state index is 5.51. The minimum Gasteiger partial charge on any atom is -0.494 e. The second kappa shape index (κ2) is 5.43. The second-order valence-electron chi connectivity index (χ2n) is 6.33. The van der Waals surface area contributed by atoms with Gasteiger partial charge >= 0.3 is 0 Å². The maximum Gasteiger partial charge on any atom is 0.145 e. The first-order valence-electron chi connectivity index (χ1n) is 8.25. The predicted molar refractivity (Wildman–Crippen MR) is 89.4 cm³/mol. The van der Waals surface area contributed by atoms with Gasteiger partial charge in [0.05, 0.1) is 19.5 Å². The lowest BCUT2D eigenvalue weighted by Gasteiger charge is -2.46. The van der Waals surface area contributed by atoms with Crippen molar-refractivity contribution in [2.24, 2.45) is 0 Å². The molecule has 0 amide bonds. The lowest BCUT2D eigenvalue weighted by atomic mass is 9.89. The van der Waals surface area contributed by atoms with Crippen LogP contribution in [0.1, 0.15) is 31.7 Å². The molecule has 2 aliphatic rings. The highest BCUT2D eigenvalue weighted by Gasteiger charge is 2.32. The van der Waals surface area contributed by atoms with Crippen LogP contribution in [-0.4, -0.2) is 36.2 Å². The van der Waals surface area contributed by atoms with Crippen LogP contribution < -0.4 is 9.64 Å². The molecule has 1 saturated carbocycles. The molecule has 0 N–H and O–H groups in total. The quantitative estimate of drug-likeness (QED) is 0.868. The van der Waals surface area contributed by atoms with Crippen LogP contribution >= 0.6 is 0 Å². The van der Waals surface area contributed by atoms with Gasteiger partial charge < -0.3 is 9.64 Å². The van der Waals surface area contributed by atoms with Gasteiger partial charge in [-0.1, -0.05) is 19.1 Å². The van der Waals surface area contributed by atoms with Crippen molar-refractivity contribution in [3.8, 4) is 5.75 Å². The fourth-order valence-electron chi connectivity index (χ4n) is 3.63. The summed E-state index contributed by atoms with van der Waals surface area (Å²) in [7, 11) is 1.72. The van der Waals surface area contributed by atoms with Crippen molar-refractivity contribution in [3.63, 3.8) is 0 Å². The number of para-hydroxylation sites is 1. The minimum atomic E-state index is 0.685. The number of nitrogens with zero attached hydrogens (tertiary/aromatic N) is 3. The summed E-state index contributed by atoms with van der Waals surface area (Å²) >= 11 is 0. The Kier molecular flexibility index (Phi) is 3.41. The third-order valence-electron chi connectivity index (χ3n) is 5.12. The highest BCUT2D eigenvalue weighted by atomic mass is 16.5. The van der Waals surface area contributed by atoms with E-state index in [1.807, 2.05) is 12.3 Å². The number of pyridine rings is 1. The molecule has 22 heavy (non-hydrogen) atoms. The third kappa shape index (κ3) is 2.05. The van der Waals surface area contributed by atoms with E-state index >= 15 is 0 Å². The monoisotopic (exact) mass is 297 g/mol. The Bertz CT molecular complexity index is 696. The van der Waals surface area contributed by atoms with Gasteiger partial charge in [0, 0.05) is 29.7 Å². The molecule has 1 fully saturated rings. The van der Waals surface area contributed by atoms with E-state index in [-0.39, 0.29) is 0 Å². The van der Waals surface area contributed by atoms with Crippen molar-refractivity contribution in [1.29, 1.82) is 0 Å². The number of anilines is 1. The van der Waals surface area contributed by atoms with E-state index in [0.29, 0.717) is 6.04 Å². The minimum absolute atomic E-state index is 0.685. The van der Waals surface area contributed by atoms with Gasteiger partial charge in [-0.3, -0.25) is 9.88 Å². The summed E-state index contributed by atoms with van der Waals surface area (Å²) in [5, 5.41) is 1.24. The standard InChI is InChI=1S/C18H23N3O/c1-3-20-11-13-10-19-17-15(8-5-9-16(17)22-2)18(13)21(12-20)14-6-4-7-14/h5,8-10,14H,3-4,6-7,11-12H2,1-2H3. The summed E-state index contributed by atoms with van der Waals surface area (Å²) in [4.78, 5) is 9.79. The van der Waals surface area contributed by atoms with E-state index in [1.54, 1.807) is 7.11 Å². The van der Waals surface area contributed by atoms with Crippen molar-refractivity contribution < 1.29 is 4.74 Å². The van der Waals surface area contributed by atoms with Gasteiger partial charge in [-0.15, -0.1) is 0 Å². The largest absolute Gasteiger partial charge is 0.494 e. The fraction of sp³-hybridized carbons (Fsp3) is 0.500. The van der Waals surface area contributed by atoms with Gasteiger partial charge in [0.2, 0.25) is 0 Å². The number of fused-ring (bicyclic) bond motifs is 3. The first kappa shape index (κ1) is 13.8. The molecule has 1 aromatic carbocycles. The number of ether oxygens (including phenoxy) is 1. The molecule has 0 spiro atoms. The molecule has 0 saturated heterocycles. The molecule has 1 aliphatic heterocycles. The van der Waals surface area contributed by atoms with Crippen LogP contribution in [0.25, 0.3) is 10.9 Å². The topological polar surface area (TPSA) is 28.6 Å². The summed E-state index contributed by atoms with van der Waals surface area (Å²) in [5.41, 5.74) is 3.72. The van der Waals surface area contributed by atoms with E-state index in [1.165, 1.54) is 35.9 Å². The fourth-order valence-corrected chi connectivity index (χ4v) is 3.63. The van der Waals surface area contributed by atoms with Gasteiger partial charge in [0.1, 0.15) is 11.3 Å². The van der Waals surface area contributed by atoms with Crippen molar-refractivity contribution >= 4 is 16.6 Å². The lowest BCUT2D eigenvalue weighted by molar-refractivity contribution is 0.234. The molecule has 4 heteroatoms. The lowest BCUT2D eigenvalue weighted by Crippen LogP contribution is -2.50. The molecular formula is C18H23N3O. The summed E-state index contributed by atoms with van der Waals surface area (Å²) < 4.78 is 5.51. The van der Waals surface area contributed by atoms with Gasteiger partial charge in [-0.05, 0) is 31.9 Å². The molecule has 116 valence electrons. The van der Waals surface area contributed by atoms with Gasteiger partial charge in [-0.2, -0.15) is 0 Å². The molecule has 2 aromatic rings. The van der Waals surface area contributed by atoms with E-state index in [2.05, 4.69) is 28.9 Å². The number of aromatic nitrogens is 1. The highest BCUT2D eigenvalue weighted by molar-refractivity contribution is 5.97. The zero-order valence-corrected chi connectivity index (χ0v) is 13.4. The van der Waals surface area contributed by atoms with Crippen LogP contribution in [-0.2, 0) is 6.54 Å². The molecule has 1 aliphatic carbocycles. The van der Waals surface area contributed by atoms with Gasteiger partial charge in [0.15, 0.2) is 0 Å². The highest BCUT2D eigenvalue weighted by Crippen LogP contribution is 2.40. The van der Waals surface area contributed by atoms with Crippen LogP contribution in [0.3, 0.4) is 0 Å². The van der Waals surface area contributed by atoms with E-state index in [4.69, 9.17) is 9.72 Å². The summed E-state index contributed by atoms with van der Waals surface area (Å²) in [6, 6.07) is 6.95. The number of methoxy groups -OCH3 is 1. The molecule has 0 radical (unpaired) electrons. The first-order valence-corrected chi connectivity index (χ1v) is 8.25.